The molecule has 0 radical (unpaired) electrons. The highest BCUT2D eigenvalue weighted by Crippen LogP contribution is 2.41. The number of thioether (sulfide) groups is 1. The third-order valence-corrected chi connectivity index (χ3v) is 4.43. The summed E-state index contributed by atoms with van der Waals surface area (Å²) in [5.74, 6) is 3.00. The lowest BCUT2D eigenvalue weighted by Gasteiger charge is -1.99. The summed E-state index contributed by atoms with van der Waals surface area (Å²) >= 11 is 2.03. The fourth-order valence-electron chi connectivity index (χ4n) is 2.40. The SMILES string of the molecule is CC(C)c1ccc2cc3c(c-2cc1)CSC3. The highest BCUT2D eigenvalue weighted by Gasteiger charge is 2.19. The van der Waals surface area contributed by atoms with Crippen molar-refractivity contribution in [3.8, 4) is 11.1 Å². The van der Waals surface area contributed by atoms with E-state index in [0.29, 0.717) is 5.92 Å². The van der Waals surface area contributed by atoms with Gasteiger partial charge in [-0.2, -0.15) is 11.8 Å². The Morgan fingerprint density at radius 3 is 2.69 bits per heavy atom. The third-order valence-electron chi connectivity index (χ3n) is 3.42. The van der Waals surface area contributed by atoms with Crippen molar-refractivity contribution in [3.63, 3.8) is 0 Å². The van der Waals surface area contributed by atoms with E-state index in [-0.39, 0.29) is 0 Å². The molecule has 82 valence electrons. The zero-order chi connectivity index (χ0) is 11.1. The van der Waals surface area contributed by atoms with Crippen molar-refractivity contribution in [1.29, 1.82) is 0 Å². The zero-order valence-electron chi connectivity index (χ0n) is 9.79. The highest BCUT2D eigenvalue weighted by molar-refractivity contribution is 7.98. The van der Waals surface area contributed by atoms with Gasteiger partial charge in [0, 0.05) is 11.5 Å². The summed E-state index contributed by atoms with van der Waals surface area (Å²) in [4.78, 5) is 0. The van der Waals surface area contributed by atoms with Crippen molar-refractivity contribution in [2.45, 2.75) is 31.3 Å². The highest BCUT2D eigenvalue weighted by atomic mass is 32.2. The number of rotatable bonds is 1. The lowest BCUT2D eigenvalue weighted by Crippen LogP contribution is -1.81. The number of hydrogen-bond donors (Lipinski definition) is 0. The van der Waals surface area contributed by atoms with Gasteiger partial charge in [-0.25, -0.2) is 0 Å². The summed E-state index contributed by atoms with van der Waals surface area (Å²) in [7, 11) is 0. The molecule has 0 N–H and O–H groups in total. The maximum Gasteiger partial charge on any atom is 0.0197 e. The molecule has 0 aromatic carbocycles. The van der Waals surface area contributed by atoms with E-state index in [1.54, 1.807) is 11.1 Å². The van der Waals surface area contributed by atoms with Crippen molar-refractivity contribution in [2.24, 2.45) is 0 Å². The molecule has 0 saturated carbocycles. The Hall–Kier alpha value is -0.950. The van der Waals surface area contributed by atoms with Gasteiger partial charge in [-0.15, -0.1) is 0 Å². The average Bonchev–Trinajstić information content (AvgIpc) is 2.73. The molecule has 0 atom stereocenters. The summed E-state index contributed by atoms with van der Waals surface area (Å²) in [6.45, 7) is 4.50. The topological polar surface area (TPSA) is 0 Å². The van der Waals surface area contributed by atoms with E-state index in [1.807, 2.05) is 11.8 Å². The molecule has 0 nitrogen and oxygen atoms in total. The van der Waals surface area contributed by atoms with Crippen LogP contribution in [0.5, 0.6) is 0 Å². The molecule has 1 heterocycles. The van der Waals surface area contributed by atoms with Crippen LogP contribution in [0.1, 0.15) is 36.5 Å². The number of fused-ring (bicyclic) bond motifs is 3. The van der Waals surface area contributed by atoms with Gasteiger partial charge < -0.3 is 0 Å². The molecule has 0 aromatic heterocycles. The van der Waals surface area contributed by atoms with Crippen molar-refractivity contribution in [2.75, 3.05) is 0 Å². The summed E-state index contributed by atoms with van der Waals surface area (Å²) in [6.07, 6.45) is 0. The van der Waals surface area contributed by atoms with Gasteiger partial charge in [0.05, 0.1) is 0 Å². The van der Waals surface area contributed by atoms with Gasteiger partial charge in [-0.3, -0.25) is 0 Å². The third kappa shape index (κ3) is 1.54. The Morgan fingerprint density at radius 2 is 1.88 bits per heavy atom. The molecule has 2 aliphatic carbocycles. The Kier molecular flexibility index (Phi) is 2.44. The van der Waals surface area contributed by atoms with Crippen LogP contribution < -0.4 is 0 Å². The fraction of sp³-hybridized carbons (Fsp3) is 0.333. The molecule has 0 fully saturated rings. The van der Waals surface area contributed by atoms with Gasteiger partial charge in [-0.1, -0.05) is 38.1 Å². The molecule has 0 aromatic rings. The Bertz CT molecular complexity index is 499. The predicted octanol–water partition coefficient (Wildman–Crippen LogP) is 4.66. The van der Waals surface area contributed by atoms with Crippen LogP contribution in [-0.2, 0) is 11.5 Å². The predicted molar refractivity (Wildman–Crippen MR) is 72.2 cm³/mol. The first kappa shape index (κ1) is 10.2. The maximum absolute atomic E-state index is 2.37. The Balaban J connectivity index is 2.18. The second-order valence-corrected chi connectivity index (χ2v) is 5.82. The van der Waals surface area contributed by atoms with E-state index in [4.69, 9.17) is 0 Å². The van der Waals surface area contributed by atoms with Gasteiger partial charge in [0.1, 0.15) is 0 Å². The van der Waals surface area contributed by atoms with Crippen LogP contribution >= 0.6 is 11.8 Å². The monoisotopic (exact) mass is 228 g/mol. The summed E-state index contributed by atoms with van der Waals surface area (Å²) in [5, 5.41) is 0. The largest absolute Gasteiger partial charge is 0.152 e. The van der Waals surface area contributed by atoms with Gasteiger partial charge in [0.2, 0.25) is 0 Å². The first-order chi connectivity index (χ1) is 7.75. The smallest absolute Gasteiger partial charge is 0.0197 e. The summed E-state index contributed by atoms with van der Waals surface area (Å²) < 4.78 is 0. The average molecular weight is 228 g/mol. The summed E-state index contributed by atoms with van der Waals surface area (Å²) in [5.41, 5.74) is 7.43. The molecule has 0 saturated heterocycles. The molecular weight excluding hydrogens is 212 g/mol. The molecule has 0 spiro atoms. The second kappa shape index (κ2) is 3.81. The fourth-order valence-corrected chi connectivity index (χ4v) is 3.53. The molecule has 0 amide bonds. The van der Waals surface area contributed by atoms with Crippen LogP contribution in [0.4, 0.5) is 0 Å². The van der Waals surface area contributed by atoms with E-state index < -0.39 is 0 Å². The normalized spacial score (nSPS) is 14.7. The Morgan fingerprint density at radius 1 is 1.06 bits per heavy atom. The van der Waals surface area contributed by atoms with Crippen LogP contribution in [-0.4, -0.2) is 0 Å². The molecule has 3 aliphatic rings. The van der Waals surface area contributed by atoms with E-state index in [1.165, 1.54) is 28.2 Å². The number of hydrogen-bond acceptors (Lipinski definition) is 1. The van der Waals surface area contributed by atoms with Crippen LogP contribution in [0, 0.1) is 0 Å². The van der Waals surface area contributed by atoms with Crippen LogP contribution in [0.15, 0.2) is 30.3 Å². The molecule has 3 rings (SSSR count). The van der Waals surface area contributed by atoms with Crippen molar-refractivity contribution in [3.05, 3.63) is 47.0 Å². The Labute approximate surface area is 101 Å². The van der Waals surface area contributed by atoms with E-state index >= 15 is 0 Å². The van der Waals surface area contributed by atoms with Crippen molar-refractivity contribution < 1.29 is 0 Å². The molecule has 1 aliphatic heterocycles. The van der Waals surface area contributed by atoms with Gasteiger partial charge >= 0.3 is 0 Å². The van der Waals surface area contributed by atoms with Gasteiger partial charge in [-0.05, 0) is 39.8 Å². The van der Waals surface area contributed by atoms with E-state index in [2.05, 4.69) is 44.2 Å². The van der Waals surface area contributed by atoms with Crippen LogP contribution in [0.3, 0.4) is 0 Å². The lowest BCUT2D eigenvalue weighted by atomic mass is 10.1. The van der Waals surface area contributed by atoms with Gasteiger partial charge in [0.15, 0.2) is 0 Å². The molecule has 0 bridgehead atoms. The lowest BCUT2D eigenvalue weighted by molar-refractivity contribution is 0.868. The van der Waals surface area contributed by atoms with E-state index in [0.717, 1.165) is 0 Å². The molecule has 16 heavy (non-hydrogen) atoms. The van der Waals surface area contributed by atoms with Crippen molar-refractivity contribution in [1.82, 2.24) is 0 Å². The first-order valence-electron chi connectivity index (χ1n) is 5.88. The zero-order valence-corrected chi connectivity index (χ0v) is 10.6. The van der Waals surface area contributed by atoms with Crippen LogP contribution in [0.25, 0.3) is 11.1 Å². The van der Waals surface area contributed by atoms with Crippen molar-refractivity contribution >= 4 is 11.8 Å². The van der Waals surface area contributed by atoms with E-state index in [9.17, 15) is 0 Å². The molecule has 1 heteroatoms. The molecular formula is C15H16S. The minimum absolute atomic E-state index is 0.610. The molecule has 0 unspecified atom stereocenters. The quantitative estimate of drug-likeness (QED) is 0.684. The first-order valence-corrected chi connectivity index (χ1v) is 7.03. The minimum Gasteiger partial charge on any atom is -0.152 e. The van der Waals surface area contributed by atoms with Crippen LogP contribution in [0.2, 0.25) is 0 Å². The second-order valence-electron chi connectivity index (χ2n) is 4.83. The summed E-state index contributed by atoms with van der Waals surface area (Å²) in [6, 6.07) is 11.5. The maximum atomic E-state index is 2.37. The minimum atomic E-state index is 0.610. The van der Waals surface area contributed by atoms with Gasteiger partial charge in [0.25, 0.3) is 0 Å². The standard InChI is InChI=1S/C15H16S/c1-10(2)11-3-4-12-7-13-8-16-9-15(13)14(12)6-5-11/h3-7,10H,8-9H2,1-2H3.